The lowest BCUT2D eigenvalue weighted by atomic mass is 9.98. The Labute approximate surface area is 269 Å². The van der Waals surface area contributed by atoms with Crippen molar-refractivity contribution in [3.05, 3.63) is 76.3 Å². The Morgan fingerprint density at radius 1 is 0.822 bits per heavy atom. The number of imidazole rings is 1. The summed E-state index contributed by atoms with van der Waals surface area (Å²) in [5, 5.41) is -0.312. The number of ether oxygens (including phenoxy) is 2. The van der Waals surface area contributed by atoms with E-state index >= 15 is 0 Å². The van der Waals surface area contributed by atoms with E-state index in [2.05, 4.69) is 42.5 Å². The van der Waals surface area contributed by atoms with Crippen LogP contribution in [0, 0.1) is 0 Å². The molecule has 0 saturated carbocycles. The third-order valence-corrected chi connectivity index (χ3v) is 8.41. The Balaban J connectivity index is 1.62. The van der Waals surface area contributed by atoms with E-state index in [4.69, 9.17) is 26.1 Å². The third kappa shape index (κ3) is 9.37. The molecule has 1 N–H and O–H groups in total. The van der Waals surface area contributed by atoms with Gasteiger partial charge in [0.15, 0.2) is 5.75 Å². The molecule has 1 aromatic heterocycles. The van der Waals surface area contributed by atoms with Crippen molar-refractivity contribution >= 4 is 22.6 Å². The van der Waals surface area contributed by atoms with Crippen LogP contribution in [0.2, 0.25) is 5.02 Å². The zero-order valence-corrected chi connectivity index (χ0v) is 27.4. The number of fused-ring (bicyclic) bond motifs is 1. The second-order valence-corrected chi connectivity index (χ2v) is 11.4. The fraction of sp³-hybridized carbons (Fsp3) is 0.457. The first-order chi connectivity index (χ1) is 21.7. The van der Waals surface area contributed by atoms with Crippen molar-refractivity contribution < 1.29 is 22.6 Å². The third-order valence-electron chi connectivity index (χ3n) is 8.08. The lowest BCUT2D eigenvalue weighted by Crippen LogP contribution is -2.25. The molecule has 6 nitrogen and oxygen atoms in total. The van der Waals surface area contributed by atoms with E-state index in [9.17, 15) is 13.2 Å². The van der Waals surface area contributed by atoms with Crippen LogP contribution < -0.4 is 9.47 Å². The van der Waals surface area contributed by atoms with Gasteiger partial charge in [0, 0.05) is 30.8 Å². The molecule has 0 amide bonds. The molecule has 10 heteroatoms. The molecule has 4 rings (SSSR count). The molecular weight excluding hydrogens is 601 g/mol. The topological polar surface area (TPSA) is 53.6 Å². The monoisotopic (exact) mass is 644 g/mol. The minimum atomic E-state index is -4.53. The molecule has 0 bridgehead atoms. The molecule has 4 aromatic rings. The van der Waals surface area contributed by atoms with Gasteiger partial charge in [0.25, 0.3) is 0 Å². The fourth-order valence-corrected chi connectivity index (χ4v) is 5.66. The summed E-state index contributed by atoms with van der Waals surface area (Å²) in [5.41, 5.74) is 2.76. The largest absolute Gasteiger partial charge is 0.493 e. The number of hydrogen-bond acceptors (Lipinski definition) is 5. The fourth-order valence-electron chi connectivity index (χ4n) is 5.43. The van der Waals surface area contributed by atoms with E-state index in [-0.39, 0.29) is 11.4 Å². The minimum Gasteiger partial charge on any atom is -0.493 e. The van der Waals surface area contributed by atoms with Gasteiger partial charge in [-0.15, -0.1) is 0 Å². The molecule has 0 spiro atoms. The van der Waals surface area contributed by atoms with Crippen LogP contribution in [-0.4, -0.2) is 72.3 Å². The van der Waals surface area contributed by atoms with Crippen molar-refractivity contribution in [2.75, 3.05) is 52.5 Å². The van der Waals surface area contributed by atoms with Crippen LogP contribution >= 0.6 is 11.6 Å². The number of rotatable bonds is 17. The summed E-state index contributed by atoms with van der Waals surface area (Å²) in [6.45, 7) is 15.6. The summed E-state index contributed by atoms with van der Waals surface area (Å²) in [6.07, 6.45) is -2.47. The second kappa shape index (κ2) is 16.3. The Morgan fingerprint density at radius 3 is 2.11 bits per heavy atom. The predicted molar refractivity (Wildman–Crippen MR) is 177 cm³/mol. The van der Waals surface area contributed by atoms with Crippen molar-refractivity contribution in [3.63, 3.8) is 0 Å². The first-order valence-electron chi connectivity index (χ1n) is 15.8. The number of alkyl halides is 3. The maximum absolute atomic E-state index is 13.5. The van der Waals surface area contributed by atoms with Gasteiger partial charge in [-0.1, -0.05) is 69.6 Å². The summed E-state index contributed by atoms with van der Waals surface area (Å²) < 4.78 is 53.0. The van der Waals surface area contributed by atoms with Crippen molar-refractivity contribution in [3.8, 4) is 22.9 Å². The molecule has 0 aliphatic heterocycles. The number of halogens is 4. The molecule has 0 fully saturated rings. The van der Waals surface area contributed by atoms with Crippen LogP contribution in [0.5, 0.6) is 11.5 Å². The van der Waals surface area contributed by atoms with Crippen LogP contribution in [0.25, 0.3) is 22.4 Å². The van der Waals surface area contributed by atoms with Crippen molar-refractivity contribution in [2.24, 2.45) is 0 Å². The average molecular weight is 645 g/mol. The lowest BCUT2D eigenvalue weighted by molar-refractivity contribution is -0.137. The highest BCUT2D eigenvalue weighted by Gasteiger charge is 2.33. The predicted octanol–water partition coefficient (Wildman–Crippen LogP) is 8.71. The van der Waals surface area contributed by atoms with E-state index < -0.39 is 11.7 Å². The summed E-state index contributed by atoms with van der Waals surface area (Å²) in [7, 11) is 0. The SMILES string of the molecule is CCN(CC)CCCOc1cc(OCCCN(CC)CC)c2nc(-c3ccccc3Cc3ccc(Cl)c(C(F)(F)F)c3)[nH]c2c1. The van der Waals surface area contributed by atoms with E-state index in [1.807, 2.05) is 36.4 Å². The van der Waals surface area contributed by atoms with Crippen LogP contribution in [0.1, 0.15) is 57.2 Å². The van der Waals surface area contributed by atoms with Gasteiger partial charge in [-0.25, -0.2) is 4.98 Å². The quantitative estimate of drug-likeness (QED) is 0.117. The molecule has 0 aliphatic rings. The van der Waals surface area contributed by atoms with Gasteiger partial charge in [0.1, 0.15) is 17.1 Å². The van der Waals surface area contributed by atoms with Crippen LogP contribution in [0.3, 0.4) is 0 Å². The molecular formula is C35H44ClF3N4O2. The van der Waals surface area contributed by atoms with E-state index in [1.54, 1.807) is 6.07 Å². The Morgan fingerprint density at radius 2 is 1.47 bits per heavy atom. The zero-order chi connectivity index (χ0) is 32.4. The number of H-pyrrole nitrogens is 1. The van der Waals surface area contributed by atoms with Crippen LogP contribution in [0.4, 0.5) is 13.2 Å². The lowest BCUT2D eigenvalue weighted by Gasteiger charge is -2.18. The van der Waals surface area contributed by atoms with Crippen LogP contribution in [0.15, 0.2) is 54.6 Å². The maximum Gasteiger partial charge on any atom is 0.417 e. The summed E-state index contributed by atoms with van der Waals surface area (Å²) in [6, 6.07) is 15.5. The molecule has 1 heterocycles. The molecule has 0 saturated heterocycles. The van der Waals surface area contributed by atoms with Crippen molar-refractivity contribution in [1.82, 2.24) is 19.8 Å². The first kappa shape index (κ1) is 34.6. The standard InChI is InChI=1S/C35H44ClF3N4O2/c1-5-42(6-2)17-11-19-44-27-23-31-33(32(24-27)45-20-12-18-43(7-3)8-4)41-34(40-31)28-14-10-9-13-26(28)21-25-15-16-30(36)29(22-25)35(37,38)39/h9-10,13-16,22-24H,5-8,11-12,17-21H2,1-4H3,(H,40,41). The summed E-state index contributed by atoms with van der Waals surface area (Å²) in [5.74, 6) is 1.95. The number of aromatic nitrogens is 2. The molecule has 0 radical (unpaired) electrons. The molecule has 0 atom stereocenters. The van der Waals surface area contributed by atoms with Crippen molar-refractivity contribution in [1.29, 1.82) is 0 Å². The molecule has 244 valence electrons. The van der Waals surface area contributed by atoms with Gasteiger partial charge in [-0.2, -0.15) is 13.2 Å². The second-order valence-electron chi connectivity index (χ2n) is 11.0. The van der Waals surface area contributed by atoms with Gasteiger partial charge in [-0.3, -0.25) is 0 Å². The highest BCUT2D eigenvalue weighted by atomic mass is 35.5. The number of hydrogen-bond donors (Lipinski definition) is 1. The van der Waals surface area contributed by atoms with Crippen molar-refractivity contribution in [2.45, 2.75) is 53.1 Å². The Kier molecular flexibility index (Phi) is 12.6. The van der Waals surface area contributed by atoms with Gasteiger partial charge < -0.3 is 24.3 Å². The molecule has 0 unspecified atom stereocenters. The van der Waals surface area contributed by atoms with E-state index in [0.717, 1.165) is 74.8 Å². The highest BCUT2D eigenvalue weighted by molar-refractivity contribution is 6.31. The molecule has 45 heavy (non-hydrogen) atoms. The molecule has 0 aliphatic carbocycles. The zero-order valence-electron chi connectivity index (χ0n) is 26.6. The smallest absolute Gasteiger partial charge is 0.417 e. The average Bonchev–Trinajstić information content (AvgIpc) is 3.46. The number of nitrogens with zero attached hydrogens (tertiary/aromatic N) is 3. The number of nitrogens with one attached hydrogen (secondary N) is 1. The number of aromatic amines is 1. The first-order valence-corrected chi connectivity index (χ1v) is 16.2. The number of benzene rings is 3. The van der Waals surface area contributed by atoms with Crippen LogP contribution in [-0.2, 0) is 12.6 Å². The van der Waals surface area contributed by atoms with E-state index in [1.165, 1.54) is 6.07 Å². The Bertz CT molecular complexity index is 1520. The van der Waals surface area contributed by atoms with Gasteiger partial charge in [0.05, 0.1) is 29.3 Å². The van der Waals surface area contributed by atoms with Gasteiger partial charge in [-0.05, 0) is 68.7 Å². The minimum absolute atomic E-state index is 0.281. The summed E-state index contributed by atoms with van der Waals surface area (Å²) in [4.78, 5) is 13.1. The summed E-state index contributed by atoms with van der Waals surface area (Å²) >= 11 is 5.86. The van der Waals surface area contributed by atoms with Gasteiger partial charge in [0.2, 0.25) is 0 Å². The highest BCUT2D eigenvalue weighted by Crippen LogP contribution is 2.37. The normalized spacial score (nSPS) is 12.0. The Hall–Kier alpha value is -3.27. The van der Waals surface area contributed by atoms with E-state index in [0.29, 0.717) is 41.6 Å². The maximum atomic E-state index is 13.5. The van der Waals surface area contributed by atoms with Gasteiger partial charge >= 0.3 is 6.18 Å². The molecule has 3 aromatic carbocycles.